The summed E-state index contributed by atoms with van der Waals surface area (Å²) < 4.78 is 11.3. The predicted molar refractivity (Wildman–Crippen MR) is 53.8 cm³/mol. The largest absolute Gasteiger partial charge is 0.347 e. The Balaban J connectivity index is 1.77. The smallest absolute Gasteiger partial charge is 0.170 e. The number of hydrogen-bond acceptors (Lipinski definition) is 3. The third-order valence-electron chi connectivity index (χ3n) is 3.00. The molecule has 0 aromatic heterocycles. The lowest BCUT2D eigenvalue weighted by atomic mass is 10.0. The van der Waals surface area contributed by atoms with Gasteiger partial charge in [-0.05, 0) is 0 Å². The molecule has 3 nitrogen and oxygen atoms in total. The third kappa shape index (κ3) is 2.09. The van der Waals surface area contributed by atoms with E-state index in [1.54, 1.807) is 0 Å². The third-order valence-corrected chi connectivity index (χ3v) is 3.00. The van der Waals surface area contributed by atoms with Crippen molar-refractivity contribution in [1.82, 2.24) is 4.90 Å². The van der Waals surface area contributed by atoms with E-state index in [0.29, 0.717) is 0 Å². The van der Waals surface area contributed by atoms with Gasteiger partial charge in [0.05, 0.1) is 13.2 Å². The minimum atomic E-state index is -0.243. The summed E-state index contributed by atoms with van der Waals surface area (Å²) in [5.41, 5.74) is 0. The molecule has 0 bridgehead atoms. The van der Waals surface area contributed by atoms with Gasteiger partial charge in [0.2, 0.25) is 0 Å². The van der Waals surface area contributed by atoms with Crippen LogP contribution >= 0.6 is 0 Å². The van der Waals surface area contributed by atoms with E-state index in [1.165, 1.54) is 0 Å². The highest BCUT2D eigenvalue weighted by atomic mass is 16.7. The number of terminal acetylenes is 1. The summed E-state index contributed by atoms with van der Waals surface area (Å²) in [6, 6.07) is 0. The van der Waals surface area contributed by atoms with Crippen LogP contribution in [0.25, 0.3) is 0 Å². The summed E-state index contributed by atoms with van der Waals surface area (Å²) in [7, 11) is 0. The molecule has 14 heavy (non-hydrogen) atoms. The highest BCUT2D eigenvalue weighted by Crippen LogP contribution is 2.30. The van der Waals surface area contributed by atoms with Gasteiger partial charge in [0.25, 0.3) is 0 Å². The maximum absolute atomic E-state index is 5.64. The van der Waals surface area contributed by atoms with Crippen LogP contribution in [0.5, 0.6) is 0 Å². The molecule has 1 spiro atoms. The van der Waals surface area contributed by atoms with Gasteiger partial charge < -0.3 is 14.4 Å². The SMILES string of the molecule is C#CCCN1CCC2(CC1)OCCO2. The van der Waals surface area contributed by atoms with E-state index in [0.717, 1.165) is 52.1 Å². The predicted octanol–water partition coefficient (Wildman–Crippen LogP) is 0.849. The summed E-state index contributed by atoms with van der Waals surface area (Å²) in [5, 5.41) is 0. The molecule has 2 rings (SSSR count). The van der Waals surface area contributed by atoms with Crippen LogP contribution in [0.1, 0.15) is 19.3 Å². The summed E-state index contributed by atoms with van der Waals surface area (Å²) in [4.78, 5) is 2.39. The highest BCUT2D eigenvalue weighted by Gasteiger charge is 2.39. The van der Waals surface area contributed by atoms with E-state index >= 15 is 0 Å². The van der Waals surface area contributed by atoms with Crippen LogP contribution in [0.3, 0.4) is 0 Å². The first-order chi connectivity index (χ1) is 6.85. The van der Waals surface area contributed by atoms with Gasteiger partial charge in [0.15, 0.2) is 5.79 Å². The number of nitrogens with zero attached hydrogens (tertiary/aromatic N) is 1. The average molecular weight is 195 g/mol. The average Bonchev–Trinajstić information content (AvgIpc) is 2.66. The lowest BCUT2D eigenvalue weighted by Crippen LogP contribution is -2.45. The summed E-state index contributed by atoms with van der Waals surface area (Å²) in [6.45, 7) is 4.60. The molecule has 0 aliphatic carbocycles. The van der Waals surface area contributed by atoms with Crippen LogP contribution in [0.15, 0.2) is 0 Å². The van der Waals surface area contributed by atoms with Crippen LogP contribution in [0.4, 0.5) is 0 Å². The number of rotatable bonds is 2. The Hall–Kier alpha value is -0.560. The molecular formula is C11H17NO2. The molecule has 2 heterocycles. The summed E-state index contributed by atoms with van der Waals surface area (Å²) in [6.07, 6.45) is 8.04. The van der Waals surface area contributed by atoms with Gasteiger partial charge in [-0.2, -0.15) is 0 Å². The number of piperidine rings is 1. The van der Waals surface area contributed by atoms with Gasteiger partial charge in [-0.1, -0.05) is 0 Å². The Morgan fingerprint density at radius 2 is 1.86 bits per heavy atom. The topological polar surface area (TPSA) is 21.7 Å². The molecule has 2 saturated heterocycles. The van der Waals surface area contributed by atoms with Crippen molar-refractivity contribution in [3.63, 3.8) is 0 Å². The highest BCUT2D eigenvalue weighted by molar-refractivity contribution is 4.87. The summed E-state index contributed by atoms with van der Waals surface area (Å²) >= 11 is 0. The zero-order valence-corrected chi connectivity index (χ0v) is 8.50. The molecule has 0 saturated carbocycles. The van der Waals surface area contributed by atoms with E-state index in [2.05, 4.69) is 10.8 Å². The lowest BCUT2D eigenvalue weighted by Gasteiger charge is -2.37. The zero-order chi connectivity index (χ0) is 9.86. The first-order valence-corrected chi connectivity index (χ1v) is 5.28. The zero-order valence-electron chi connectivity index (χ0n) is 8.50. The molecule has 2 fully saturated rings. The Bertz CT molecular complexity index is 218. The van der Waals surface area contributed by atoms with Crippen LogP contribution in [0, 0.1) is 12.3 Å². The molecule has 78 valence electrons. The standard InChI is InChI=1S/C11H17NO2/c1-2-3-6-12-7-4-11(5-8-12)13-9-10-14-11/h1H,3-10H2. The fourth-order valence-electron chi connectivity index (χ4n) is 2.13. The molecule has 0 aromatic rings. The first-order valence-electron chi connectivity index (χ1n) is 5.28. The van der Waals surface area contributed by atoms with Crippen molar-refractivity contribution in [3.8, 4) is 12.3 Å². The Kier molecular flexibility index (Phi) is 3.07. The minimum absolute atomic E-state index is 0.243. The molecule has 0 radical (unpaired) electrons. The molecule has 0 unspecified atom stereocenters. The van der Waals surface area contributed by atoms with Crippen LogP contribution in [-0.4, -0.2) is 43.5 Å². The van der Waals surface area contributed by atoms with Crippen LogP contribution in [0.2, 0.25) is 0 Å². The Morgan fingerprint density at radius 3 is 2.43 bits per heavy atom. The second-order valence-corrected chi connectivity index (χ2v) is 3.90. The Morgan fingerprint density at radius 1 is 1.21 bits per heavy atom. The monoisotopic (exact) mass is 195 g/mol. The molecule has 2 aliphatic heterocycles. The van der Waals surface area contributed by atoms with Crippen LogP contribution < -0.4 is 0 Å². The van der Waals surface area contributed by atoms with Crippen molar-refractivity contribution in [2.75, 3.05) is 32.8 Å². The van der Waals surface area contributed by atoms with E-state index in [1.807, 2.05) is 0 Å². The molecule has 0 aromatic carbocycles. The minimum Gasteiger partial charge on any atom is -0.347 e. The van der Waals surface area contributed by atoms with E-state index in [9.17, 15) is 0 Å². The van der Waals surface area contributed by atoms with Crippen molar-refractivity contribution < 1.29 is 9.47 Å². The maximum atomic E-state index is 5.64. The van der Waals surface area contributed by atoms with Crippen molar-refractivity contribution in [2.45, 2.75) is 25.0 Å². The van der Waals surface area contributed by atoms with Gasteiger partial charge >= 0.3 is 0 Å². The van der Waals surface area contributed by atoms with Crippen molar-refractivity contribution in [2.24, 2.45) is 0 Å². The fraction of sp³-hybridized carbons (Fsp3) is 0.818. The quantitative estimate of drug-likeness (QED) is 0.610. The van der Waals surface area contributed by atoms with Crippen molar-refractivity contribution >= 4 is 0 Å². The van der Waals surface area contributed by atoms with Crippen molar-refractivity contribution in [1.29, 1.82) is 0 Å². The van der Waals surface area contributed by atoms with Gasteiger partial charge in [0.1, 0.15) is 0 Å². The fourth-order valence-corrected chi connectivity index (χ4v) is 2.13. The van der Waals surface area contributed by atoms with E-state index < -0.39 is 0 Å². The molecule has 0 N–H and O–H groups in total. The second kappa shape index (κ2) is 4.31. The maximum Gasteiger partial charge on any atom is 0.170 e. The Labute approximate surface area is 85.4 Å². The normalized spacial score (nSPS) is 26.5. The van der Waals surface area contributed by atoms with Crippen LogP contribution in [-0.2, 0) is 9.47 Å². The van der Waals surface area contributed by atoms with E-state index in [4.69, 9.17) is 15.9 Å². The lowest BCUT2D eigenvalue weighted by molar-refractivity contribution is -0.185. The molecule has 0 amide bonds. The number of hydrogen-bond donors (Lipinski definition) is 0. The molecule has 2 aliphatic rings. The second-order valence-electron chi connectivity index (χ2n) is 3.90. The van der Waals surface area contributed by atoms with Gasteiger partial charge in [-0.3, -0.25) is 0 Å². The van der Waals surface area contributed by atoms with Gasteiger partial charge in [-0.25, -0.2) is 0 Å². The summed E-state index contributed by atoms with van der Waals surface area (Å²) in [5.74, 6) is 2.43. The van der Waals surface area contributed by atoms with Gasteiger partial charge in [-0.15, -0.1) is 12.3 Å². The van der Waals surface area contributed by atoms with Gasteiger partial charge in [0, 0.05) is 38.9 Å². The number of ether oxygens (including phenoxy) is 2. The van der Waals surface area contributed by atoms with Crippen molar-refractivity contribution in [3.05, 3.63) is 0 Å². The first kappa shape index (κ1) is 9.97. The molecular weight excluding hydrogens is 178 g/mol. The molecule has 3 heteroatoms. The van der Waals surface area contributed by atoms with E-state index in [-0.39, 0.29) is 5.79 Å². The molecule has 0 atom stereocenters. The number of likely N-dealkylation sites (tertiary alicyclic amines) is 1.